The summed E-state index contributed by atoms with van der Waals surface area (Å²) in [5, 5.41) is 11.0. The number of hydrogen-bond donors (Lipinski definition) is 1. The van der Waals surface area contributed by atoms with Gasteiger partial charge in [0.15, 0.2) is 11.5 Å². The summed E-state index contributed by atoms with van der Waals surface area (Å²) in [7, 11) is 4.70. The van der Waals surface area contributed by atoms with E-state index in [9.17, 15) is 0 Å². The summed E-state index contributed by atoms with van der Waals surface area (Å²) < 4.78 is 16.2. The molecule has 0 saturated carbocycles. The predicted molar refractivity (Wildman–Crippen MR) is 79.6 cm³/mol. The molecule has 1 unspecified atom stereocenters. The lowest BCUT2D eigenvalue weighted by Crippen LogP contribution is -2.05. The highest BCUT2D eigenvalue weighted by atomic mass is 35.5. The Morgan fingerprint density at radius 3 is 2.33 bits per heavy atom. The summed E-state index contributed by atoms with van der Waals surface area (Å²) >= 11 is 6.27. The third-order valence-corrected chi connectivity index (χ3v) is 3.58. The van der Waals surface area contributed by atoms with Gasteiger partial charge in [0.25, 0.3) is 0 Å². The van der Waals surface area contributed by atoms with Crippen LogP contribution in [0, 0.1) is 0 Å². The van der Waals surface area contributed by atoms with E-state index in [4.69, 9.17) is 25.8 Å². The van der Waals surface area contributed by atoms with E-state index in [1.165, 1.54) is 0 Å². The summed E-state index contributed by atoms with van der Waals surface area (Å²) in [6.45, 7) is 2.06. The second-order valence-electron chi connectivity index (χ2n) is 4.61. The Morgan fingerprint density at radius 1 is 1.14 bits per heavy atom. The molecule has 6 nitrogen and oxygen atoms in total. The zero-order valence-electron chi connectivity index (χ0n) is 12.4. The zero-order valence-corrected chi connectivity index (χ0v) is 13.2. The molecule has 1 heterocycles. The average molecular weight is 312 g/mol. The van der Waals surface area contributed by atoms with Crippen molar-refractivity contribution in [3.63, 3.8) is 0 Å². The van der Waals surface area contributed by atoms with Gasteiger partial charge in [-0.05, 0) is 18.4 Å². The molecule has 0 aliphatic rings. The number of H-pyrrole nitrogens is 1. The molecule has 0 bridgehead atoms. The van der Waals surface area contributed by atoms with Crippen LogP contribution in [0.1, 0.15) is 24.1 Å². The standard InChI is InChI=1S/C14H18ClN3O3/c1-8(5-9-7-16-18-17-9)10-6-11(15)13(20-3)14(21-4)12(10)19-2/h6-8H,5H2,1-4H3,(H,16,17,18). The van der Waals surface area contributed by atoms with Crippen molar-refractivity contribution in [2.45, 2.75) is 19.3 Å². The molecule has 1 atom stereocenters. The second-order valence-corrected chi connectivity index (χ2v) is 5.02. The van der Waals surface area contributed by atoms with Gasteiger partial charge < -0.3 is 14.2 Å². The van der Waals surface area contributed by atoms with Crippen molar-refractivity contribution in [3.8, 4) is 17.2 Å². The highest BCUT2D eigenvalue weighted by Crippen LogP contribution is 2.47. The highest BCUT2D eigenvalue weighted by molar-refractivity contribution is 6.32. The molecule has 1 aromatic heterocycles. The largest absolute Gasteiger partial charge is 0.492 e. The highest BCUT2D eigenvalue weighted by Gasteiger charge is 2.23. The molecule has 7 heteroatoms. The fourth-order valence-electron chi connectivity index (χ4n) is 2.31. The van der Waals surface area contributed by atoms with Gasteiger partial charge in [0.1, 0.15) is 0 Å². The molecular weight excluding hydrogens is 294 g/mol. The molecule has 114 valence electrons. The van der Waals surface area contributed by atoms with Gasteiger partial charge in [-0.2, -0.15) is 15.4 Å². The van der Waals surface area contributed by atoms with Crippen molar-refractivity contribution < 1.29 is 14.2 Å². The van der Waals surface area contributed by atoms with E-state index >= 15 is 0 Å². The van der Waals surface area contributed by atoms with Crippen molar-refractivity contribution in [3.05, 3.63) is 28.5 Å². The number of halogens is 1. The van der Waals surface area contributed by atoms with Crippen LogP contribution in [0.4, 0.5) is 0 Å². The van der Waals surface area contributed by atoms with Crippen LogP contribution in [-0.4, -0.2) is 36.7 Å². The maximum Gasteiger partial charge on any atom is 0.205 e. The van der Waals surface area contributed by atoms with Gasteiger partial charge in [0, 0.05) is 5.56 Å². The van der Waals surface area contributed by atoms with Gasteiger partial charge in [-0.1, -0.05) is 18.5 Å². The normalized spacial score (nSPS) is 12.0. The molecule has 21 heavy (non-hydrogen) atoms. The van der Waals surface area contributed by atoms with E-state index in [-0.39, 0.29) is 5.92 Å². The molecule has 0 aliphatic heterocycles. The van der Waals surface area contributed by atoms with Crippen molar-refractivity contribution in [1.82, 2.24) is 15.4 Å². The lowest BCUT2D eigenvalue weighted by Gasteiger charge is -2.20. The van der Waals surface area contributed by atoms with Crippen molar-refractivity contribution in [2.75, 3.05) is 21.3 Å². The summed E-state index contributed by atoms with van der Waals surface area (Å²) in [5.74, 6) is 1.71. The van der Waals surface area contributed by atoms with Gasteiger partial charge >= 0.3 is 0 Å². The number of aromatic amines is 1. The summed E-state index contributed by atoms with van der Waals surface area (Å²) in [5.41, 5.74) is 1.80. The number of hydrogen-bond acceptors (Lipinski definition) is 5. The molecule has 0 fully saturated rings. The third-order valence-electron chi connectivity index (χ3n) is 3.30. The van der Waals surface area contributed by atoms with Crippen LogP contribution in [0.3, 0.4) is 0 Å². The first-order valence-electron chi connectivity index (χ1n) is 6.45. The SMILES string of the molecule is COc1c(Cl)cc(C(C)Cc2cn[nH]n2)c(OC)c1OC. The van der Waals surface area contributed by atoms with Crippen LogP contribution < -0.4 is 14.2 Å². The number of methoxy groups -OCH3 is 3. The lowest BCUT2D eigenvalue weighted by molar-refractivity contribution is 0.321. The van der Waals surface area contributed by atoms with E-state index in [0.29, 0.717) is 28.7 Å². The fourth-order valence-corrected chi connectivity index (χ4v) is 2.59. The van der Waals surface area contributed by atoms with Gasteiger partial charge in [-0.3, -0.25) is 0 Å². The predicted octanol–water partition coefficient (Wildman–Crippen LogP) is 2.83. The van der Waals surface area contributed by atoms with Crippen LogP contribution in [0.15, 0.2) is 12.3 Å². The number of rotatable bonds is 6. The number of aromatic nitrogens is 3. The van der Waals surface area contributed by atoms with Crippen LogP contribution >= 0.6 is 11.6 Å². The molecule has 2 rings (SSSR count). The fraction of sp³-hybridized carbons (Fsp3) is 0.429. The quantitative estimate of drug-likeness (QED) is 0.888. The molecule has 0 spiro atoms. The first-order valence-corrected chi connectivity index (χ1v) is 6.83. The van der Waals surface area contributed by atoms with Crippen molar-refractivity contribution in [2.24, 2.45) is 0 Å². The van der Waals surface area contributed by atoms with E-state index in [1.807, 2.05) is 6.07 Å². The molecular formula is C14H18ClN3O3. The molecule has 2 aromatic rings. The Balaban J connectivity index is 2.44. The van der Waals surface area contributed by atoms with Gasteiger partial charge in [-0.15, -0.1) is 0 Å². The molecule has 0 radical (unpaired) electrons. The van der Waals surface area contributed by atoms with Crippen LogP contribution in [0.25, 0.3) is 0 Å². The third kappa shape index (κ3) is 3.05. The minimum absolute atomic E-state index is 0.127. The summed E-state index contributed by atoms with van der Waals surface area (Å²) in [4.78, 5) is 0. The van der Waals surface area contributed by atoms with E-state index in [0.717, 1.165) is 11.3 Å². The Bertz CT molecular complexity index is 602. The van der Waals surface area contributed by atoms with E-state index in [1.54, 1.807) is 27.5 Å². The summed E-state index contributed by atoms with van der Waals surface area (Å²) in [6, 6.07) is 1.84. The van der Waals surface area contributed by atoms with Crippen LogP contribution in [0.5, 0.6) is 17.2 Å². The van der Waals surface area contributed by atoms with Crippen LogP contribution in [0.2, 0.25) is 5.02 Å². The van der Waals surface area contributed by atoms with Crippen molar-refractivity contribution in [1.29, 1.82) is 0 Å². The first-order chi connectivity index (χ1) is 10.1. The average Bonchev–Trinajstić information content (AvgIpc) is 2.98. The minimum atomic E-state index is 0.127. The maximum atomic E-state index is 6.27. The Labute approximate surface area is 128 Å². The molecule has 1 aromatic carbocycles. The van der Waals surface area contributed by atoms with Crippen molar-refractivity contribution >= 4 is 11.6 Å². The van der Waals surface area contributed by atoms with Gasteiger partial charge in [0.05, 0.1) is 38.2 Å². The first kappa shape index (κ1) is 15.4. The maximum absolute atomic E-state index is 6.27. The monoisotopic (exact) mass is 311 g/mol. The number of nitrogens with zero attached hydrogens (tertiary/aromatic N) is 2. The lowest BCUT2D eigenvalue weighted by atomic mass is 9.95. The zero-order chi connectivity index (χ0) is 15.4. The minimum Gasteiger partial charge on any atom is -0.492 e. The second kappa shape index (κ2) is 6.67. The number of nitrogens with one attached hydrogen (secondary N) is 1. The van der Waals surface area contributed by atoms with E-state index < -0.39 is 0 Å². The Kier molecular flexibility index (Phi) is 4.90. The molecule has 0 amide bonds. The summed E-state index contributed by atoms with van der Waals surface area (Å²) in [6.07, 6.45) is 2.41. The van der Waals surface area contributed by atoms with Gasteiger partial charge in [0.2, 0.25) is 5.75 Å². The Hall–Kier alpha value is -1.95. The number of ether oxygens (including phenoxy) is 3. The molecule has 0 saturated heterocycles. The molecule has 0 aliphatic carbocycles. The van der Waals surface area contributed by atoms with E-state index in [2.05, 4.69) is 22.3 Å². The Morgan fingerprint density at radius 2 is 1.81 bits per heavy atom. The smallest absolute Gasteiger partial charge is 0.205 e. The van der Waals surface area contributed by atoms with Gasteiger partial charge in [-0.25, -0.2) is 0 Å². The van der Waals surface area contributed by atoms with Crippen LogP contribution in [-0.2, 0) is 6.42 Å². The number of benzene rings is 1. The topological polar surface area (TPSA) is 69.3 Å². The molecule has 1 N–H and O–H groups in total.